The lowest BCUT2D eigenvalue weighted by atomic mass is 9.92. The van der Waals surface area contributed by atoms with Crippen LogP contribution in [0.3, 0.4) is 0 Å². The number of imidazole rings is 1. The molecule has 9 nitrogen and oxygen atoms in total. The van der Waals surface area contributed by atoms with Crippen LogP contribution in [-0.2, 0) is 18.3 Å². The summed E-state index contributed by atoms with van der Waals surface area (Å²) in [6.45, 7) is 10.9. The van der Waals surface area contributed by atoms with Gasteiger partial charge >= 0.3 is 6.03 Å². The first-order chi connectivity index (χ1) is 19.0. The second-order valence-corrected chi connectivity index (χ2v) is 11.5. The molecule has 2 aromatic heterocycles. The van der Waals surface area contributed by atoms with Crippen LogP contribution in [0.5, 0.6) is 0 Å². The second-order valence-electron chi connectivity index (χ2n) is 11.1. The zero-order valence-corrected chi connectivity index (χ0v) is 24.5. The minimum atomic E-state index is -0.349. The van der Waals surface area contributed by atoms with E-state index in [1.54, 1.807) is 18.7 Å². The second kappa shape index (κ2) is 12.7. The zero-order chi connectivity index (χ0) is 28.9. The van der Waals surface area contributed by atoms with E-state index in [1.165, 1.54) is 6.92 Å². The molecule has 1 aliphatic heterocycles. The fourth-order valence-corrected chi connectivity index (χ4v) is 4.97. The topological polar surface area (TPSA) is 104 Å². The quantitative estimate of drug-likeness (QED) is 0.443. The van der Waals surface area contributed by atoms with Crippen molar-refractivity contribution in [3.05, 3.63) is 82.2 Å². The molecule has 0 bridgehead atoms. The van der Waals surface area contributed by atoms with Crippen molar-refractivity contribution < 1.29 is 9.59 Å². The highest BCUT2D eigenvalue weighted by molar-refractivity contribution is 6.30. The summed E-state index contributed by atoms with van der Waals surface area (Å²) >= 11 is 6.33. The van der Waals surface area contributed by atoms with Crippen LogP contribution >= 0.6 is 11.6 Å². The number of fused-ring (bicyclic) bond motifs is 2. The van der Waals surface area contributed by atoms with Gasteiger partial charge in [0.05, 0.1) is 30.0 Å². The predicted octanol–water partition coefficient (Wildman–Crippen LogP) is 4.19. The molecule has 3 amide bonds. The Kier molecular flexibility index (Phi) is 9.27. The number of benzene rings is 1. The van der Waals surface area contributed by atoms with Gasteiger partial charge in [0, 0.05) is 63.3 Å². The standard InChI is InChI=1S/C21H19ClN4O.C9H19N3O/c1-13(27)25-21(20-11-23-12-26(20)2)18-8-15-4-3-7-24-19(15)9-14-5-6-16(22)10-17(14)18;1-9(2,3)11-8(13)12-6-4-10-5-7-12/h3-8,10-12,21H,9H2,1-2H3,(H,25,27);10H,4-7H2,1-3H3,(H,11,13). The largest absolute Gasteiger partial charge is 0.344 e. The Hall–Kier alpha value is -3.69. The average molecular weight is 564 g/mol. The van der Waals surface area contributed by atoms with Crippen LogP contribution in [0, 0.1) is 0 Å². The third kappa shape index (κ3) is 7.49. The molecule has 3 N–H and O–H groups in total. The monoisotopic (exact) mass is 563 g/mol. The number of rotatable bonds is 3. The number of pyridine rings is 1. The van der Waals surface area contributed by atoms with Crippen molar-refractivity contribution in [2.45, 2.75) is 45.7 Å². The molecule has 1 aromatic carbocycles. The van der Waals surface area contributed by atoms with Crippen molar-refractivity contribution in [1.29, 1.82) is 0 Å². The van der Waals surface area contributed by atoms with E-state index >= 15 is 0 Å². The molecule has 1 unspecified atom stereocenters. The van der Waals surface area contributed by atoms with Gasteiger partial charge in [0.2, 0.25) is 5.91 Å². The van der Waals surface area contributed by atoms with Crippen LogP contribution in [0.2, 0.25) is 5.02 Å². The smallest absolute Gasteiger partial charge is 0.317 e. The van der Waals surface area contributed by atoms with Crippen LogP contribution < -0.4 is 16.0 Å². The number of hydrogen-bond acceptors (Lipinski definition) is 5. The van der Waals surface area contributed by atoms with Crippen molar-refractivity contribution in [3.63, 3.8) is 0 Å². The first-order valence-electron chi connectivity index (χ1n) is 13.5. The molecule has 10 heteroatoms. The Labute approximate surface area is 241 Å². The summed E-state index contributed by atoms with van der Waals surface area (Å²) in [5.41, 5.74) is 5.91. The molecule has 1 saturated heterocycles. The molecule has 3 heterocycles. The van der Waals surface area contributed by atoms with Crippen LogP contribution in [0.1, 0.15) is 61.8 Å². The van der Waals surface area contributed by atoms with Crippen LogP contribution in [0.4, 0.5) is 4.79 Å². The van der Waals surface area contributed by atoms with Crippen molar-refractivity contribution in [1.82, 2.24) is 35.4 Å². The molecule has 3 aromatic rings. The van der Waals surface area contributed by atoms with Gasteiger partial charge in [0.25, 0.3) is 0 Å². The van der Waals surface area contributed by atoms with Gasteiger partial charge in [-0.05, 0) is 67.3 Å². The Morgan fingerprint density at radius 2 is 1.90 bits per heavy atom. The lowest BCUT2D eigenvalue weighted by Crippen LogP contribution is -2.54. The number of piperazine rings is 1. The summed E-state index contributed by atoms with van der Waals surface area (Å²) in [6, 6.07) is 9.55. The Balaban J connectivity index is 0.000000240. The van der Waals surface area contributed by atoms with Gasteiger partial charge in [-0.3, -0.25) is 9.78 Å². The molecule has 40 heavy (non-hydrogen) atoms. The van der Waals surface area contributed by atoms with Gasteiger partial charge in [-0.25, -0.2) is 9.78 Å². The molecule has 0 spiro atoms. The minimum Gasteiger partial charge on any atom is -0.344 e. The fourth-order valence-electron chi connectivity index (χ4n) is 4.79. The number of hydrogen-bond donors (Lipinski definition) is 3. The van der Waals surface area contributed by atoms with Crippen LogP contribution in [-0.4, -0.2) is 63.1 Å². The number of carbonyl (C=O) groups excluding carboxylic acids is 2. The SMILES string of the molecule is CC(=O)NC(C1=Cc2cccnc2Cc2ccc(Cl)cc21)c1cncn1C.CC(C)(C)NC(=O)N1CCNCC1. The number of aryl methyl sites for hydroxylation is 1. The third-order valence-electron chi connectivity index (χ3n) is 6.67. The Morgan fingerprint density at radius 1 is 1.15 bits per heavy atom. The molecule has 2 aliphatic rings. The van der Waals surface area contributed by atoms with E-state index in [0.717, 1.165) is 59.8 Å². The van der Waals surface area contributed by atoms with Crippen LogP contribution in [0.25, 0.3) is 11.6 Å². The summed E-state index contributed by atoms with van der Waals surface area (Å²) in [5, 5.41) is 9.90. The van der Waals surface area contributed by atoms with Gasteiger partial charge in [-0.2, -0.15) is 0 Å². The molecule has 0 saturated carbocycles. The fraction of sp³-hybridized carbons (Fsp3) is 0.400. The summed E-state index contributed by atoms with van der Waals surface area (Å²) in [4.78, 5) is 34.2. The number of aromatic nitrogens is 3. The van der Waals surface area contributed by atoms with E-state index in [-0.39, 0.29) is 23.5 Å². The molecular formula is C30H38ClN7O2. The van der Waals surface area contributed by atoms with E-state index in [9.17, 15) is 9.59 Å². The molecule has 212 valence electrons. The number of urea groups is 1. The molecule has 1 fully saturated rings. The van der Waals surface area contributed by atoms with Crippen molar-refractivity contribution >= 4 is 35.2 Å². The maximum Gasteiger partial charge on any atom is 0.317 e. The van der Waals surface area contributed by atoms with E-state index in [0.29, 0.717) is 11.4 Å². The van der Waals surface area contributed by atoms with Gasteiger partial charge in [0.15, 0.2) is 0 Å². The van der Waals surface area contributed by atoms with Crippen molar-refractivity contribution in [2.75, 3.05) is 26.2 Å². The highest BCUT2D eigenvalue weighted by Gasteiger charge is 2.27. The lowest BCUT2D eigenvalue weighted by molar-refractivity contribution is -0.119. The maximum atomic E-state index is 12.0. The molecule has 0 radical (unpaired) electrons. The highest BCUT2D eigenvalue weighted by atomic mass is 35.5. The van der Waals surface area contributed by atoms with E-state index in [2.05, 4.69) is 32.0 Å². The van der Waals surface area contributed by atoms with Gasteiger partial charge < -0.3 is 25.4 Å². The van der Waals surface area contributed by atoms with Crippen molar-refractivity contribution in [3.8, 4) is 0 Å². The van der Waals surface area contributed by atoms with E-state index in [4.69, 9.17) is 11.6 Å². The summed E-state index contributed by atoms with van der Waals surface area (Å²) in [5.74, 6) is -0.110. The zero-order valence-electron chi connectivity index (χ0n) is 23.8. The number of nitrogens with zero attached hydrogens (tertiary/aromatic N) is 4. The first kappa shape index (κ1) is 29.3. The number of carbonyl (C=O) groups is 2. The Morgan fingerprint density at radius 3 is 2.55 bits per heavy atom. The summed E-state index contributed by atoms with van der Waals surface area (Å²) < 4.78 is 1.92. The third-order valence-corrected chi connectivity index (χ3v) is 6.91. The van der Waals surface area contributed by atoms with Crippen LogP contribution in [0.15, 0.2) is 49.1 Å². The normalized spacial score (nSPS) is 15.3. The molecule has 1 atom stereocenters. The number of nitrogens with one attached hydrogen (secondary N) is 3. The number of amides is 3. The predicted molar refractivity (Wildman–Crippen MR) is 159 cm³/mol. The van der Waals surface area contributed by atoms with Gasteiger partial charge in [-0.15, -0.1) is 0 Å². The van der Waals surface area contributed by atoms with E-state index in [1.807, 2.05) is 67.6 Å². The summed E-state index contributed by atoms with van der Waals surface area (Å²) in [7, 11) is 1.92. The van der Waals surface area contributed by atoms with Gasteiger partial charge in [0.1, 0.15) is 0 Å². The molecule has 1 aliphatic carbocycles. The minimum absolute atomic E-state index is 0.0500. The average Bonchev–Trinajstić information content (AvgIpc) is 3.25. The summed E-state index contributed by atoms with van der Waals surface area (Å²) in [6.07, 6.45) is 8.12. The lowest BCUT2D eigenvalue weighted by Gasteiger charge is -2.31. The Bertz CT molecular complexity index is 1390. The molecule has 5 rings (SSSR count). The number of halogens is 1. The highest BCUT2D eigenvalue weighted by Crippen LogP contribution is 2.38. The maximum absolute atomic E-state index is 12.0. The first-order valence-corrected chi connectivity index (χ1v) is 13.8. The van der Waals surface area contributed by atoms with E-state index < -0.39 is 0 Å². The molecular weight excluding hydrogens is 526 g/mol. The van der Waals surface area contributed by atoms with Gasteiger partial charge in [-0.1, -0.05) is 23.7 Å². The van der Waals surface area contributed by atoms with Crippen molar-refractivity contribution in [2.24, 2.45) is 7.05 Å².